The average Bonchev–Trinajstić information content (AvgIpc) is 2.81. The van der Waals surface area contributed by atoms with Crippen molar-refractivity contribution in [3.05, 3.63) is 11.9 Å². The number of hydrogen-bond acceptors (Lipinski definition) is 4. The molecule has 0 aliphatic carbocycles. The fraction of sp³-hybridized carbons (Fsp3) is 0.556. The van der Waals surface area contributed by atoms with Crippen LogP contribution >= 0.6 is 0 Å². The molecule has 0 spiro atoms. The molecule has 1 saturated heterocycles. The van der Waals surface area contributed by atoms with Crippen molar-refractivity contribution in [3.63, 3.8) is 0 Å². The molecule has 1 aromatic heterocycles. The minimum Gasteiger partial charge on any atom is -0.369 e. The summed E-state index contributed by atoms with van der Waals surface area (Å²) in [7, 11) is 0. The number of aromatic amines is 1. The summed E-state index contributed by atoms with van der Waals surface area (Å²) in [5.74, 6) is -0.804. The Kier molecular flexibility index (Phi) is 2.84. The first-order chi connectivity index (χ1) is 7.68. The Morgan fingerprint density at radius 2 is 2.38 bits per heavy atom. The number of nitrogens with two attached hydrogens (primary N) is 1. The molecule has 16 heavy (non-hydrogen) atoms. The van der Waals surface area contributed by atoms with Crippen LogP contribution in [0.4, 0.5) is 0 Å². The van der Waals surface area contributed by atoms with E-state index in [9.17, 15) is 9.59 Å². The Morgan fingerprint density at radius 3 is 3.00 bits per heavy atom. The van der Waals surface area contributed by atoms with Crippen molar-refractivity contribution >= 4 is 11.8 Å². The van der Waals surface area contributed by atoms with E-state index in [0.717, 1.165) is 12.8 Å². The van der Waals surface area contributed by atoms with Gasteiger partial charge in [0, 0.05) is 13.1 Å². The van der Waals surface area contributed by atoms with Crippen LogP contribution < -0.4 is 5.73 Å². The molecular weight excluding hydrogens is 210 g/mol. The van der Waals surface area contributed by atoms with E-state index in [2.05, 4.69) is 15.4 Å². The van der Waals surface area contributed by atoms with Gasteiger partial charge in [0.05, 0.1) is 12.1 Å². The second kappa shape index (κ2) is 4.30. The molecule has 86 valence electrons. The van der Waals surface area contributed by atoms with Crippen LogP contribution in [-0.4, -0.2) is 45.2 Å². The Morgan fingerprint density at radius 1 is 1.56 bits per heavy atom. The molecular formula is C9H13N5O2. The Balaban J connectivity index is 2.05. The Labute approximate surface area is 92.0 Å². The largest absolute Gasteiger partial charge is 0.369 e. The van der Waals surface area contributed by atoms with Gasteiger partial charge in [-0.05, 0) is 12.8 Å². The number of carbonyl (C=O) groups excluding carboxylic acids is 2. The molecule has 2 amide bonds. The first kappa shape index (κ1) is 10.6. The monoisotopic (exact) mass is 223 g/mol. The quantitative estimate of drug-likeness (QED) is 0.680. The first-order valence-electron chi connectivity index (χ1n) is 5.13. The predicted octanol–water partition coefficient (Wildman–Crippen LogP) is -0.858. The number of likely N-dealkylation sites (tertiary alicyclic amines) is 1. The average molecular weight is 223 g/mol. The van der Waals surface area contributed by atoms with Gasteiger partial charge in [-0.3, -0.25) is 9.59 Å². The molecule has 1 unspecified atom stereocenters. The van der Waals surface area contributed by atoms with Crippen LogP contribution in [0.2, 0.25) is 0 Å². The van der Waals surface area contributed by atoms with Crippen LogP contribution in [0.5, 0.6) is 0 Å². The van der Waals surface area contributed by atoms with Crippen molar-refractivity contribution in [2.24, 2.45) is 11.7 Å². The maximum absolute atomic E-state index is 11.9. The summed E-state index contributed by atoms with van der Waals surface area (Å²) < 4.78 is 0. The summed E-state index contributed by atoms with van der Waals surface area (Å²) in [6.45, 7) is 1.01. The lowest BCUT2D eigenvalue weighted by Crippen LogP contribution is -2.44. The van der Waals surface area contributed by atoms with Crippen molar-refractivity contribution in [1.82, 2.24) is 20.3 Å². The highest BCUT2D eigenvalue weighted by molar-refractivity contribution is 5.92. The molecule has 1 fully saturated rings. The maximum Gasteiger partial charge on any atom is 0.276 e. The molecule has 0 radical (unpaired) electrons. The van der Waals surface area contributed by atoms with Gasteiger partial charge in [0.25, 0.3) is 5.91 Å². The minimum absolute atomic E-state index is 0.209. The van der Waals surface area contributed by atoms with E-state index in [1.54, 1.807) is 4.90 Å². The van der Waals surface area contributed by atoms with Gasteiger partial charge in [-0.2, -0.15) is 15.4 Å². The van der Waals surface area contributed by atoms with Crippen LogP contribution in [0, 0.1) is 5.92 Å². The van der Waals surface area contributed by atoms with Crippen molar-refractivity contribution in [2.75, 3.05) is 13.1 Å². The maximum atomic E-state index is 11.9. The third kappa shape index (κ3) is 2.02. The lowest BCUT2D eigenvalue weighted by Gasteiger charge is -2.30. The van der Waals surface area contributed by atoms with Gasteiger partial charge in [0.1, 0.15) is 0 Å². The molecule has 2 heterocycles. The second-order valence-corrected chi connectivity index (χ2v) is 3.85. The molecule has 1 aromatic rings. The summed E-state index contributed by atoms with van der Waals surface area (Å²) in [4.78, 5) is 24.5. The SMILES string of the molecule is NC(=O)C1CCCN(C(=O)c2cn[nH]n2)C1. The van der Waals surface area contributed by atoms with Crippen LogP contribution in [0.25, 0.3) is 0 Å². The highest BCUT2D eigenvalue weighted by Gasteiger charge is 2.28. The minimum atomic E-state index is -0.349. The summed E-state index contributed by atoms with van der Waals surface area (Å²) >= 11 is 0. The number of hydrogen-bond donors (Lipinski definition) is 2. The number of nitrogens with zero attached hydrogens (tertiary/aromatic N) is 3. The number of amides is 2. The van der Waals surface area contributed by atoms with Crippen molar-refractivity contribution in [3.8, 4) is 0 Å². The Hall–Kier alpha value is -1.92. The van der Waals surface area contributed by atoms with Gasteiger partial charge < -0.3 is 10.6 Å². The second-order valence-electron chi connectivity index (χ2n) is 3.85. The molecule has 1 atom stereocenters. The summed E-state index contributed by atoms with van der Waals surface area (Å²) in [6.07, 6.45) is 2.91. The summed E-state index contributed by atoms with van der Waals surface area (Å²) in [5, 5.41) is 9.68. The number of primary amides is 1. The van der Waals surface area contributed by atoms with E-state index in [1.807, 2.05) is 0 Å². The van der Waals surface area contributed by atoms with Crippen LogP contribution in [0.3, 0.4) is 0 Å². The summed E-state index contributed by atoms with van der Waals surface area (Å²) in [6, 6.07) is 0. The van der Waals surface area contributed by atoms with Crippen LogP contribution in [0.1, 0.15) is 23.3 Å². The molecule has 1 aliphatic heterocycles. The number of aromatic nitrogens is 3. The van der Waals surface area contributed by atoms with Gasteiger partial charge in [0.15, 0.2) is 5.69 Å². The lowest BCUT2D eigenvalue weighted by molar-refractivity contribution is -0.123. The van der Waals surface area contributed by atoms with Gasteiger partial charge >= 0.3 is 0 Å². The van der Waals surface area contributed by atoms with Gasteiger partial charge in [-0.25, -0.2) is 0 Å². The number of nitrogens with one attached hydrogen (secondary N) is 1. The molecule has 7 nitrogen and oxygen atoms in total. The van der Waals surface area contributed by atoms with Crippen molar-refractivity contribution < 1.29 is 9.59 Å². The highest BCUT2D eigenvalue weighted by atomic mass is 16.2. The summed E-state index contributed by atoms with van der Waals surface area (Å²) in [5.41, 5.74) is 5.51. The van der Waals surface area contributed by atoms with E-state index in [0.29, 0.717) is 13.1 Å². The molecule has 7 heteroatoms. The fourth-order valence-electron chi connectivity index (χ4n) is 1.86. The molecule has 0 bridgehead atoms. The molecule has 2 rings (SSSR count). The zero-order valence-electron chi connectivity index (χ0n) is 8.72. The van der Waals surface area contributed by atoms with Crippen LogP contribution in [0.15, 0.2) is 6.20 Å². The molecule has 3 N–H and O–H groups in total. The van der Waals surface area contributed by atoms with E-state index < -0.39 is 0 Å². The molecule has 1 aliphatic rings. The standard InChI is InChI=1S/C9H13N5O2/c10-8(15)6-2-1-3-14(5-6)9(16)7-4-11-13-12-7/h4,6H,1-3,5H2,(H2,10,15)(H,11,12,13). The highest BCUT2D eigenvalue weighted by Crippen LogP contribution is 2.17. The van der Waals surface area contributed by atoms with Gasteiger partial charge in [-0.1, -0.05) is 0 Å². The number of carbonyl (C=O) groups is 2. The molecule has 0 saturated carbocycles. The third-order valence-electron chi connectivity index (χ3n) is 2.75. The Bertz CT molecular complexity index is 389. The van der Waals surface area contributed by atoms with E-state index >= 15 is 0 Å². The van der Waals surface area contributed by atoms with Gasteiger partial charge in [-0.15, -0.1) is 0 Å². The van der Waals surface area contributed by atoms with E-state index in [-0.39, 0.29) is 23.4 Å². The van der Waals surface area contributed by atoms with E-state index in [1.165, 1.54) is 6.20 Å². The normalized spacial score (nSPS) is 20.8. The predicted molar refractivity (Wildman–Crippen MR) is 54.2 cm³/mol. The van der Waals surface area contributed by atoms with E-state index in [4.69, 9.17) is 5.73 Å². The van der Waals surface area contributed by atoms with Crippen molar-refractivity contribution in [2.45, 2.75) is 12.8 Å². The van der Waals surface area contributed by atoms with Crippen LogP contribution in [-0.2, 0) is 4.79 Å². The lowest BCUT2D eigenvalue weighted by atomic mass is 9.97. The fourth-order valence-corrected chi connectivity index (χ4v) is 1.86. The van der Waals surface area contributed by atoms with Gasteiger partial charge in [0.2, 0.25) is 5.91 Å². The first-order valence-corrected chi connectivity index (χ1v) is 5.13. The zero-order valence-corrected chi connectivity index (χ0v) is 8.72. The topological polar surface area (TPSA) is 105 Å². The molecule has 0 aromatic carbocycles. The third-order valence-corrected chi connectivity index (χ3v) is 2.75. The smallest absolute Gasteiger partial charge is 0.276 e. The van der Waals surface area contributed by atoms with Crippen molar-refractivity contribution in [1.29, 1.82) is 0 Å². The number of H-pyrrole nitrogens is 1. The number of piperidine rings is 1. The zero-order chi connectivity index (χ0) is 11.5. The number of rotatable bonds is 2.